The fourth-order valence-electron chi connectivity index (χ4n) is 1.35. The first kappa shape index (κ1) is 14.3. The highest BCUT2D eigenvalue weighted by Crippen LogP contribution is 2.11. The second-order valence-electron chi connectivity index (χ2n) is 4.18. The standard InChI is InChI=1S/C14H20N2O2/c1-4-11-18-13-7-5-12(6-8-13)14(17)15-9-10-16(2)3/h4-8H,1,9-11H2,2-3H3,(H,15,17). The van der Waals surface area contributed by atoms with Crippen LogP contribution in [0, 0.1) is 0 Å². The molecule has 0 aliphatic heterocycles. The number of nitrogens with zero attached hydrogens (tertiary/aromatic N) is 1. The van der Waals surface area contributed by atoms with E-state index in [1.807, 2.05) is 19.0 Å². The summed E-state index contributed by atoms with van der Waals surface area (Å²) in [7, 11) is 3.94. The van der Waals surface area contributed by atoms with Gasteiger partial charge in [0, 0.05) is 18.7 Å². The maximum atomic E-state index is 11.8. The fraction of sp³-hybridized carbons (Fsp3) is 0.357. The summed E-state index contributed by atoms with van der Waals surface area (Å²) < 4.78 is 5.35. The molecule has 1 N–H and O–H groups in total. The molecule has 0 radical (unpaired) electrons. The normalized spacial score (nSPS) is 10.2. The van der Waals surface area contributed by atoms with E-state index in [1.165, 1.54) is 0 Å². The molecule has 1 aromatic carbocycles. The van der Waals surface area contributed by atoms with Crippen LogP contribution in [0.5, 0.6) is 5.75 Å². The lowest BCUT2D eigenvalue weighted by molar-refractivity contribution is 0.0951. The van der Waals surface area contributed by atoms with E-state index in [4.69, 9.17) is 4.74 Å². The predicted molar refractivity (Wildman–Crippen MR) is 73.0 cm³/mol. The number of rotatable bonds is 7. The van der Waals surface area contributed by atoms with E-state index in [0.717, 1.165) is 12.3 Å². The van der Waals surface area contributed by atoms with Gasteiger partial charge in [-0.25, -0.2) is 0 Å². The van der Waals surface area contributed by atoms with Crippen LogP contribution < -0.4 is 10.1 Å². The van der Waals surface area contributed by atoms with Gasteiger partial charge in [0.25, 0.3) is 5.91 Å². The second-order valence-corrected chi connectivity index (χ2v) is 4.18. The Hall–Kier alpha value is -1.81. The molecule has 0 bridgehead atoms. The first-order valence-corrected chi connectivity index (χ1v) is 5.90. The van der Waals surface area contributed by atoms with Crippen LogP contribution >= 0.6 is 0 Å². The van der Waals surface area contributed by atoms with E-state index in [1.54, 1.807) is 30.3 Å². The zero-order chi connectivity index (χ0) is 13.4. The van der Waals surface area contributed by atoms with Crippen molar-refractivity contribution in [2.24, 2.45) is 0 Å². The van der Waals surface area contributed by atoms with Crippen molar-refractivity contribution in [3.8, 4) is 5.75 Å². The van der Waals surface area contributed by atoms with Gasteiger partial charge in [0.1, 0.15) is 12.4 Å². The number of benzene rings is 1. The van der Waals surface area contributed by atoms with Crippen molar-refractivity contribution in [2.75, 3.05) is 33.8 Å². The van der Waals surface area contributed by atoms with Crippen LogP contribution in [0.1, 0.15) is 10.4 Å². The first-order valence-electron chi connectivity index (χ1n) is 5.90. The lowest BCUT2D eigenvalue weighted by Crippen LogP contribution is -2.31. The number of hydrogen-bond donors (Lipinski definition) is 1. The molecule has 0 saturated carbocycles. The minimum Gasteiger partial charge on any atom is -0.490 e. The first-order chi connectivity index (χ1) is 8.63. The highest BCUT2D eigenvalue weighted by atomic mass is 16.5. The van der Waals surface area contributed by atoms with Crippen LogP contribution in [-0.4, -0.2) is 44.6 Å². The average molecular weight is 248 g/mol. The van der Waals surface area contributed by atoms with Gasteiger partial charge < -0.3 is 15.0 Å². The zero-order valence-electron chi connectivity index (χ0n) is 11.0. The van der Waals surface area contributed by atoms with Gasteiger partial charge in [-0.3, -0.25) is 4.79 Å². The van der Waals surface area contributed by atoms with Gasteiger partial charge in [0.05, 0.1) is 0 Å². The van der Waals surface area contributed by atoms with Crippen LogP contribution in [0.4, 0.5) is 0 Å². The zero-order valence-corrected chi connectivity index (χ0v) is 11.0. The topological polar surface area (TPSA) is 41.6 Å². The van der Waals surface area contributed by atoms with Gasteiger partial charge in [0.15, 0.2) is 0 Å². The molecule has 18 heavy (non-hydrogen) atoms. The van der Waals surface area contributed by atoms with E-state index in [9.17, 15) is 4.79 Å². The minimum atomic E-state index is -0.0629. The molecular weight excluding hydrogens is 228 g/mol. The Balaban J connectivity index is 2.45. The molecule has 0 saturated heterocycles. The van der Waals surface area contributed by atoms with Crippen molar-refractivity contribution < 1.29 is 9.53 Å². The summed E-state index contributed by atoms with van der Waals surface area (Å²) in [4.78, 5) is 13.8. The van der Waals surface area contributed by atoms with Crippen molar-refractivity contribution in [3.05, 3.63) is 42.5 Å². The van der Waals surface area contributed by atoms with E-state index in [0.29, 0.717) is 18.7 Å². The molecule has 4 nitrogen and oxygen atoms in total. The average Bonchev–Trinajstić information content (AvgIpc) is 2.36. The number of ether oxygens (including phenoxy) is 1. The number of carbonyl (C=O) groups excluding carboxylic acids is 1. The predicted octanol–water partition coefficient (Wildman–Crippen LogP) is 1.54. The van der Waals surface area contributed by atoms with Crippen LogP contribution in [0.25, 0.3) is 0 Å². The van der Waals surface area contributed by atoms with Gasteiger partial charge in [0.2, 0.25) is 0 Å². The molecular formula is C14H20N2O2. The molecule has 1 rings (SSSR count). The minimum absolute atomic E-state index is 0.0629. The monoisotopic (exact) mass is 248 g/mol. The molecule has 0 atom stereocenters. The number of amides is 1. The van der Waals surface area contributed by atoms with Crippen molar-refractivity contribution in [1.82, 2.24) is 10.2 Å². The molecule has 0 unspecified atom stereocenters. The highest BCUT2D eigenvalue weighted by molar-refractivity contribution is 5.94. The smallest absolute Gasteiger partial charge is 0.251 e. The highest BCUT2D eigenvalue weighted by Gasteiger charge is 2.04. The Morgan fingerprint density at radius 3 is 2.61 bits per heavy atom. The molecule has 1 amide bonds. The summed E-state index contributed by atoms with van der Waals surface area (Å²) in [5, 5.41) is 2.86. The summed E-state index contributed by atoms with van der Waals surface area (Å²) >= 11 is 0. The van der Waals surface area contributed by atoms with Gasteiger partial charge in [-0.05, 0) is 38.4 Å². The molecule has 0 aliphatic rings. The van der Waals surface area contributed by atoms with Crippen LogP contribution in [0.2, 0.25) is 0 Å². The number of likely N-dealkylation sites (N-methyl/N-ethyl adjacent to an activating group) is 1. The number of nitrogens with one attached hydrogen (secondary N) is 1. The van der Waals surface area contributed by atoms with Crippen molar-refractivity contribution in [1.29, 1.82) is 0 Å². The lowest BCUT2D eigenvalue weighted by Gasteiger charge is -2.10. The van der Waals surface area contributed by atoms with Crippen molar-refractivity contribution in [3.63, 3.8) is 0 Å². The van der Waals surface area contributed by atoms with Crippen LogP contribution in [0.3, 0.4) is 0 Å². The van der Waals surface area contributed by atoms with Crippen LogP contribution in [0.15, 0.2) is 36.9 Å². The molecule has 0 fully saturated rings. The molecule has 4 heteroatoms. The van der Waals surface area contributed by atoms with Crippen molar-refractivity contribution >= 4 is 5.91 Å². The third-order valence-electron chi connectivity index (χ3n) is 2.33. The summed E-state index contributed by atoms with van der Waals surface area (Å²) in [6, 6.07) is 7.07. The quantitative estimate of drug-likeness (QED) is 0.744. The second kappa shape index (κ2) is 7.50. The van der Waals surface area contributed by atoms with Crippen molar-refractivity contribution in [2.45, 2.75) is 0 Å². The Bertz CT molecular complexity index is 385. The molecule has 0 aliphatic carbocycles. The van der Waals surface area contributed by atoms with Gasteiger partial charge in [-0.1, -0.05) is 12.7 Å². The van der Waals surface area contributed by atoms with E-state index in [-0.39, 0.29) is 5.91 Å². The third kappa shape index (κ3) is 5.01. The van der Waals surface area contributed by atoms with Gasteiger partial charge >= 0.3 is 0 Å². The Kier molecular flexibility index (Phi) is 5.94. The summed E-state index contributed by atoms with van der Waals surface area (Å²) in [5.41, 5.74) is 0.639. The molecule has 0 spiro atoms. The maximum absolute atomic E-state index is 11.8. The van der Waals surface area contributed by atoms with Gasteiger partial charge in [-0.2, -0.15) is 0 Å². The summed E-state index contributed by atoms with van der Waals surface area (Å²) in [5.74, 6) is 0.673. The summed E-state index contributed by atoms with van der Waals surface area (Å²) in [6.45, 7) is 5.51. The maximum Gasteiger partial charge on any atom is 0.251 e. The number of hydrogen-bond acceptors (Lipinski definition) is 3. The Labute approximate surface area is 108 Å². The molecule has 98 valence electrons. The van der Waals surface area contributed by atoms with E-state index in [2.05, 4.69) is 11.9 Å². The Morgan fingerprint density at radius 1 is 1.39 bits per heavy atom. The number of carbonyl (C=O) groups is 1. The van der Waals surface area contributed by atoms with Crippen LogP contribution in [-0.2, 0) is 0 Å². The van der Waals surface area contributed by atoms with E-state index < -0.39 is 0 Å². The molecule has 0 heterocycles. The lowest BCUT2D eigenvalue weighted by atomic mass is 10.2. The summed E-state index contributed by atoms with van der Waals surface area (Å²) in [6.07, 6.45) is 1.68. The SMILES string of the molecule is C=CCOc1ccc(C(=O)NCCN(C)C)cc1. The molecule has 1 aromatic rings. The molecule has 0 aromatic heterocycles. The fourth-order valence-corrected chi connectivity index (χ4v) is 1.35. The largest absolute Gasteiger partial charge is 0.490 e. The third-order valence-corrected chi connectivity index (χ3v) is 2.33. The Morgan fingerprint density at radius 2 is 2.06 bits per heavy atom. The van der Waals surface area contributed by atoms with Gasteiger partial charge in [-0.15, -0.1) is 0 Å². The van der Waals surface area contributed by atoms with E-state index >= 15 is 0 Å².